The van der Waals surface area contributed by atoms with E-state index in [4.69, 9.17) is 0 Å². The van der Waals surface area contributed by atoms with Crippen LogP contribution in [0.5, 0.6) is 0 Å². The number of hydrogen-bond acceptors (Lipinski definition) is 3. The van der Waals surface area contributed by atoms with Gasteiger partial charge in [-0.1, -0.05) is 45.0 Å². The Morgan fingerprint density at radius 1 is 1.07 bits per heavy atom. The van der Waals surface area contributed by atoms with Crippen molar-refractivity contribution in [2.75, 3.05) is 0 Å². The van der Waals surface area contributed by atoms with Gasteiger partial charge in [-0.3, -0.25) is 0 Å². The molecule has 0 saturated carbocycles. The molecule has 0 aliphatic carbocycles. The van der Waals surface area contributed by atoms with Crippen molar-refractivity contribution < 1.29 is 12.8 Å². The quantitative estimate of drug-likeness (QED) is 0.648. The van der Waals surface area contributed by atoms with Crippen molar-refractivity contribution in [1.82, 2.24) is 14.3 Å². The molecule has 0 aliphatic rings. The van der Waals surface area contributed by atoms with E-state index in [1.807, 2.05) is 26.0 Å². The van der Waals surface area contributed by atoms with Crippen LogP contribution in [0.25, 0.3) is 0 Å². The van der Waals surface area contributed by atoms with Crippen LogP contribution >= 0.6 is 0 Å². The number of sulfonamides is 1. The number of benzene rings is 2. The predicted molar refractivity (Wildman–Crippen MR) is 116 cm³/mol. The van der Waals surface area contributed by atoms with Crippen molar-refractivity contribution in [2.24, 2.45) is 7.05 Å². The molecular weight excluding hydrogens is 401 g/mol. The normalized spacial score (nSPS) is 13.4. The second-order valence-corrected chi connectivity index (χ2v) is 10.3. The summed E-state index contributed by atoms with van der Waals surface area (Å²) in [4.78, 5) is 4.59. The molecule has 5 nitrogen and oxygen atoms in total. The van der Waals surface area contributed by atoms with E-state index in [1.54, 1.807) is 36.1 Å². The third-order valence-corrected chi connectivity index (χ3v) is 6.92. The minimum Gasteiger partial charge on any atom is -0.336 e. The SMILES string of the molecule is Cc1cc(C(C)(C)C)cc(C)c1S(=O)(=O)N[C@H](c1ccc(F)cc1)c1nccn1C. The Morgan fingerprint density at radius 2 is 1.63 bits per heavy atom. The fourth-order valence-electron chi connectivity index (χ4n) is 3.60. The molecule has 1 heterocycles. The molecule has 0 saturated heterocycles. The van der Waals surface area contributed by atoms with Crippen molar-refractivity contribution >= 4 is 10.0 Å². The molecule has 0 amide bonds. The van der Waals surface area contributed by atoms with E-state index in [0.717, 1.165) is 5.56 Å². The Balaban J connectivity index is 2.09. The highest BCUT2D eigenvalue weighted by molar-refractivity contribution is 7.89. The lowest BCUT2D eigenvalue weighted by atomic mass is 9.85. The maximum atomic E-state index is 13.5. The van der Waals surface area contributed by atoms with Gasteiger partial charge >= 0.3 is 0 Å². The van der Waals surface area contributed by atoms with Crippen LogP contribution in [0.1, 0.15) is 54.9 Å². The first-order valence-electron chi connectivity index (χ1n) is 9.77. The lowest BCUT2D eigenvalue weighted by Crippen LogP contribution is -2.32. The summed E-state index contributed by atoms with van der Waals surface area (Å²) in [6, 6.07) is 8.86. The maximum absolute atomic E-state index is 13.5. The van der Waals surface area contributed by atoms with Crippen molar-refractivity contribution in [3.8, 4) is 0 Å². The van der Waals surface area contributed by atoms with Gasteiger partial charge in [-0.15, -0.1) is 0 Å². The minimum atomic E-state index is -3.88. The number of hydrogen-bond donors (Lipinski definition) is 1. The Hall–Kier alpha value is -2.51. The van der Waals surface area contributed by atoms with Gasteiger partial charge in [0.1, 0.15) is 17.7 Å². The fraction of sp³-hybridized carbons (Fsp3) is 0.348. The van der Waals surface area contributed by atoms with E-state index < -0.39 is 16.1 Å². The van der Waals surface area contributed by atoms with Gasteiger partial charge in [-0.2, -0.15) is 4.72 Å². The second kappa shape index (κ2) is 7.96. The van der Waals surface area contributed by atoms with Crippen LogP contribution in [0.2, 0.25) is 0 Å². The summed E-state index contributed by atoms with van der Waals surface area (Å²) in [5.74, 6) is 0.136. The molecule has 3 rings (SSSR count). The summed E-state index contributed by atoms with van der Waals surface area (Å²) < 4.78 is 44.9. The summed E-state index contributed by atoms with van der Waals surface area (Å²) in [6.45, 7) is 9.91. The number of rotatable bonds is 5. The van der Waals surface area contributed by atoms with E-state index in [0.29, 0.717) is 22.5 Å². The standard InChI is InChI=1S/C23H28FN3O2S/c1-15-13-18(23(3,4)5)14-16(2)21(15)30(28,29)26-20(22-25-11-12-27(22)6)17-7-9-19(24)10-8-17/h7-14,20,26H,1-6H3/t20-/m1/s1. The highest BCUT2D eigenvalue weighted by Gasteiger charge is 2.29. The molecule has 0 spiro atoms. The molecule has 0 fully saturated rings. The largest absolute Gasteiger partial charge is 0.336 e. The second-order valence-electron chi connectivity index (χ2n) is 8.69. The number of aryl methyl sites for hydroxylation is 3. The van der Waals surface area contributed by atoms with Crippen LogP contribution in [0, 0.1) is 19.7 Å². The first kappa shape index (κ1) is 22.2. The topological polar surface area (TPSA) is 64.0 Å². The fourth-order valence-corrected chi connectivity index (χ4v) is 5.24. The van der Waals surface area contributed by atoms with Crippen molar-refractivity contribution in [2.45, 2.75) is 51.0 Å². The molecule has 30 heavy (non-hydrogen) atoms. The van der Waals surface area contributed by atoms with Gasteiger partial charge in [-0.25, -0.2) is 17.8 Å². The van der Waals surface area contributed by atoms with E-state index in [9.17, 15) is 12.8 Å². The zero-order valence-electron chi connectivity index (χ0n) is 18.2. The summed E-state index contributed by atoms with van der Waals surface area (Å²) in [7, 11) is -2.09. The van der Waals surface area contributed by atoms with Gasteiger partial charge in [0.15, 0.2) is 0 Å². The lowest BCUT2D eigenvalue weighted by Gasteiger charge is -2.24. The molecule has 0 bridgehead atoms. The predicted octanol–water partition coefficient (Wildman–Crippen LogP) is 4.54. The molecular formula is C23H28FN3O2S. The molecule has 2 aromatic carbocycles. The molecule has 0 aliphatic heterocycles. The average molecular weight is 430 g/mol. The lowest BCUT2D eigenvalue weighted by molar-refractivity contribution is 0.559. The first-order valence-corrected chi connectivity index (χ1v) is 11.2. The Labute approximate surface area is 178 Å². The molecule has 1 aromatic heterocycles. The molecule has 3 aromatic rings. The van der Waals surface area contributed by atoms with Crippen molar-refractivity contribution in [3.05, 3.63) is 82.7 Å². The van der Waals surface area contributed by atoms with Crippen LogP contribution < -0.4 is 4.72 Å². The highest BCUT2D eigenvalue weighted by Crippen LogP contribution is 2.31. The molecule has 1 atom stereocenters. The Bertz CT molecular complexity index is 1140. The van der Waals surface area contributed by atoms with Gasteiger partial charge in [0.25, 0.3) is 0 Å². The Morgan fingerprint density at radius 3 is 2.10 bits per heavy atom. The zero-order chi connectivity index (χ0) is 22.3. The summed E-state index contributed by atoms with van der Waals surface area (Å²) >= 11 is 0. The number of aromatic nitrogens is 2. The van der Waals surface area contributed by atoms with Crippen LogP contribution in [0.4, 0.5) is 4.39 Å². The van der Waals surface area contributed by atoms with Crippen molar-refractivity contribution in [1.29, 1.82) is 0 Å². The summed E-state index contributed by atoms with van der Waals surface area (Å²) in [5, 5.41) is 0. The van der Waals surface area contributed by atoms with Crippen LogP contribution in [-0.2, 0) is 22.5 Å². The first-order chi connectivity index (χ1) is 13.9. The average Bonchev–Trinajstić information content (AvgIpc) is 3.04. The molecule has 0 unspecified atom stereocenters. The Kier molecular flexibility index (Phi) is 5.89. The number of nitrogens with one attached hydrogen (secondary N) is 1. The molecule has 160 valence electrons. The monoisotopic (exact) mass is 429 g/mol. The smallest absolute Gasteiger partial charge is 0.242 e. The van der Waals surface area contributed by atoms with Gasteiger partial charge in [0.2, 0.25) is 10.0 Å². The van der Waals surface area contributed by atoms with E-state index >= 15 is 0 Å². The van der Waals surface area contributed by atoms with Gasteiger partial charge < -0.3 is 4.57 Å². The highest BCUT2D eigenvalue weighted by atomic mass is 32.2. The molecule has 0 radical (unpaired) electrons. The van der Waals surface area contributed by atoms with Crippen LogP contribution in [0.15, 0.2) is 53.7 Å². The van der Waals surface area contributed by atoms with Gasteiger partial charge in [0, 0.05) is 19.4 Å². The number of halogens is 1. The van der Waals surface area contributed by atoms with Crippen molar-refractivity contribution in [3.63, 3.8) is 0 Å². The van der Waals surface area contributed by atoms with E-state index in [2.05, 4.69) is 30.5 Å². The zero-order valence-corrected chi connectivity index (χ0v) is 19.0. The third kappa shape index (κ3) is 4.47. The van der Waals surface area contributed by atoms with E-state index in [-0.39, 0.29) is 16.1 Å². The van der Waals surface area contributed by atoms with E-state index in [1.165, 1.54) is 12.1 Å². The molecule has 7 heteroatoms. The molecule has 1 N–H and O–H groups in total. The van der Waals surface area contributed by atoms with Gasteiger partial charge in [-0.05, 0) is 53.6 Å². The number of nitrogens with zero attached hydrogens (tertiary/aromatic N) is 2. The minimum absolute atomic E-state index is 0.0884. The van der Waals surface area contributed by atoms with Crippen LogP contribution in [0.3, 0.4) is 0 Å². The maximum Gasteiger partial charge on any atom is 0.242 e. The number of imidazole rings is 1. The third-order valence-electron chi connectivity index (χ3n) is 5.19. The van der Waals surface area contributed by atoms with Gasteiger partial charge in [0.05, 0.1) is 4.90 Å². The van der Waals surface area contributed by atoms with Crippen LogP contribution in [-0.4, -0.2) is 18.0 Å². The summed E-state index contributed by atoms with van der Waals surface area (Å²) in [6.07, 6.45) is 3.35. The summed E-state index contributed by atoms with van der Waals surface area (Å²) in [5.41, 5.74) is 2.97.